The number of benzene rings is 2. The number of carbonyl (C=O) groups is 2. The number of hydrogen-bond acceptors (Lipinski definition) is 11. The molecule has 1 atom stereocenters. The van der Waals surface area contributed by atoms with Crippen molar-refractivity contribution in [3.63, 3.8) is 0 Å². The molecular formula is C29H30N2O9S. The zero-order valence-electron chi connectivity index (χ0n) is 23.7. The largest absolute Gasteiger partial charge is 0.493 e. The van der Waals surface area contributed by atoms with Gasteiger partial charge in [0.1, 0.15) is 0 Å². The zero-order valence-corrected chi connectivity index (χ0v) is 24.5. The fourth-order valence-corrected chi connectivity index (χ4v) is 5.58. The average molecular weight is 583 g/mol. The second kappa shape index (κ2) is 12.3. The number of allylic oxidation sites excluding steroid dienone is 1. The Morgan fingerprint density at radius 3 is 2.20 bits per heavy atom. The van der Waals surface area contributed by atoms with Gasteiger partial charge >= 0.3 is 11.9 Å². The van der Waals surface area contributed by atoms with Gasteiger partial charge in [-0.3, -0.25) is 14.2 Å². The monoisotopic (exact) mass is 582 g/mol. The normalized spacial score (nSPS) is 14.6. The van der Waals surface area contributed by atoms with Gasteiger partial charge in [0, 0.05) is 6.92 Å². The third-order valence-corrected chi connectivity index (χ3v) is 7.24. The molecule has 0 amide bonds. The van der Waals surface area contributed by atoms with E-state index in [1.807, 2.05) is 0 Å². The Morgan fingerprint density at radius 2 is 1.63 bits per heavy atom. The lowest BCUT2D eigenvalue weighted by Crippen LogP contribution is -2.40. The predicted octanol–water partition coefficient (Wildman–Crippen LogP) is 2.76. The van der Waals surface area contributed by atoms with E-state index in [0.29, 0.717) is 43.4 Å². The lowest BCUT2D eigenvalue weighted by atomic mass is 9.95. The second-order valence-electron chi connectivity index (χ2n) is 8.76. The number of nitrogens with zero attached hydrogens (tertiary/aromatic N) is 2. The Balaban J connectivity index is 1.96. The summed E-state index contributed by atoms with van der Waals surface area (Å²) in [6, 6.07) is 7.42. The smallest absolute Gasteiger partial charge is 0.338 e. The second-order valence-corrected chi connectivity index (χ2v) is 9.77. The van der Waals surface area contributed by atoms with Crippen molar-refractivity contribution < 1.29 is 38.0 Å². The van der Waals surface area contributed by atoms with Crippen LogP contribution in [0.4, 0.5) is 0 Å². The van der Waals surface area contributed by atoms with Crippen LogP contribution < -0.4 is 38.6 Å². The molecule has 3 aromatic rings. The molecule has 41 heavy (non-hydrogen) atoms. The van der Waals surface area contributed by atoms with E-state index in [1.165, 1.54) is 51.3 Å². The van der Waals surface area contributed by atoms with Gasteiger partial charge in [-0.15, -0.1) is 0 Å². The van der Waals surface area contributed by atoms with Crippen LogP contribution in [0.1, 0.15) is 37.9 Å². The maximum Gasteiger partial charge on any atom is 0.338 e. The summed E-state index contributed by atoms with van der Waals surface area (Å²) < 4.78 is 34.2. The van der Waals surface area contributed by atoms with Crippen molar-refractivity contribution in [2.24, 2.45) is 4.99 Å². The van der Waals surface area contributed by atoms with Crippen LogP contribution >= 0.6 is 11.3 Å². The van der Waals surface area contributed by atoms with E-state index < -0.39 is 18.0 Å². The topological polar surface area (TPSA) is 124 Å². The summed E-state index contributed by atoms with van der Waals surface area (Å²) >= 11 is 1.17. The number of fused-ring (bicyclic) bond motifs is 1. The van der Waals surface area contributed by atoms with Gasteiger partial charge in [0.2, 0.25) is 5.75 Å². The molecule has 12 heteroatoms. The minimum Gasteiger partial charge on any atom is -0.493 e. The third-order valence-electron chi connectivity index (χ3n) is 6.26. The Labute approximate surface area is 239 Å². The molecule has 216 valence electrons. The van der Waals surface area contributed by atoms with E-state index in [4.69, 9.17) is 28.4 Å². The number of hydrogen-bond donors (Lipinski definition) is 0. The van der Waals surface area contributed by atoms with Crippen LogP contribution in [0.5, 0.6) is 28.7 Å². The quantitative estimate of drug-likeness (QED) is 0.277. The molecule has 1 aromatic heterocycles. The van der Waals surface area contributed by atoms with E-state index in [9.17, 15) is 14.4 Å². The maximum absolute atomic E-state index is 14.0. The summed E-state index contributed by atoms with van der Waals surface area (Å²) in [4.78, 5) is 43.7. The Hall–Kier alpha value is -4.58. The molecule has 4 rings (SSSR count). The van der Waals surface area contributed by atoms with Crippen molar-refractivity contribution in [3.8, 4) is 28.7 Å². The molecule has 0 saturated heterocycles. The van der Waals surface area contributed by atoms with Crippen LogP contribution in [0.25, 0.3) is 6.08 Å². The molecule has 0 radical (unpaired) electrons. The predicted molar refractivity (Wildman–Crippen MR) is 151 cm³/mol. The van der Waals surface area contributed by atoms with Crippen molar-refractivity contribution in [2.75, 3.05) is 35.0 Å². The van der Waals surface area contributed by atoms with Crippen molar-refractivity contribution >= 4 is 29.4 Å². The summed E-state index contributed by atoms with van der Waals surface area (Å²) in [6.45, 7) is 4.82. The first-order chi connectivity index (χ1) is 19.7. The first-order valence-corrected chi connectivity index (χ1v) is 13.3. The number of thiazole rings is 1. The summed E-state index contributed by atoms with van der Waals surface area (Å²) in [6.07, 6.45) is 1.69. The summed E-state index contributed by atoms with van der Waals surface area (Å²) in [5.74, 6) is 0.648. The lowest BCUT2D eigenvalue weighted by Gasteiger charge is -2.25. The molecule has 0 bridgehead atoms. The third kappa shape index (κ3) is 5.68. The molecular weight excluding hydrogens is 552 g/mol. The molecule has 0 saturated carbocycles. The van der Waals surface area contributed by atoms with Gasteiger partial charge in [0.05, 0.1) is 56.9 Å². The Kier molecular flexibility index (Phi) is 8.82. The maximum atomic E-state index is 14.0. The molecule has 0 aliphatic carbocycles. The molecule has 2 heterocycles. The lowest BCUT2D eigenvalue weighted by molar-refractivity contribution is -0.139. The van der Waals surface area contributed by atoms with Gasteiger partial charge < -0.3 is 28.4 Å². The SMILES string of the molecule is CCOC(=O)C1=C(C)N=c2s/c(=C\c3cc(OC)c(OC)c(OC)c3)c(=O)n2[C@@H]1c1ccc(OC(C)=O)c(OC)c1. The van der Waals surface area contributed by atoms with E-state index in [1.54, 1.807) is 50.3 Å². The number of ether oxygens (including phenoxy) is 6. The highest BCUT2D eigenvalue weighted by molar-refractivity contribution is 7.07. The number of rotatable bonds is 9. The molecule has 0 spiro atoms. The van der Waals surface area contributed by atoms with Crippen molar-refractivity contribution in [2.45, 2.75) is 26.8 Å². The highest BCUT2D eigenvalue weighted by Crippen LogP contribution is 2.39. The first-order valence-electron chi connectivity index (χ1n) is 12.5. The summed E-state index contributed by atoms with van der Waals surface area (Å²) in [5, 5.41) is 0. The molecule has 1 aliphatic rings. The summed E-state index contributed by atoms with van der Waals surface area (Å²) in [5.41, 5.74) is 1.42. The fourth-order valence-electron chi connectivity index (χ4n) is 4.54. The zero-order chi connectivity index (χ0) is 29.8. The van der Waals surface area contributed by atoms with Gasteiger partial charge in [0.25, 0.3) is 5.56 Å². The van der Waals surface area contributed by atoms with Crippen LogP contribution in [0, 0.1) is 0 Å². The van der Waals surface area contributed by atoms with Crippen LogP contribution in [0.3, 0.4) is 0 Å². The highest BCUT2D eigenvalue weighted by atomic mass is 32.1. The van der Waals surface area contributed by atoms with Crippen LogP contribution in [0.15, 0.2) is 51.4 Å². The van der Waals surface area contributed by atoms with Crippen LogP contribution in [-0.2, 0) is 14.3 Å². The van der Waals surface area contributed by atoms with E-state index in [0.717, 1.165) is 0 Å². The highest BCUT2D eigenvalue weighted by Gasteiger charge is 2.34. The molecule has 0 N–H and O–H groups in total. The van der Waals surface area contributed by atoms with Gasteiger partial charge in [0.15, 0.2) is 27.8 Å². The van der Waals surface area contributed by atoms with Crippen molar-refractivity contribution in [1.82, 2.24) is 4.57 Å². The summed E-state index contributed by atoms with van der Waals surface area (Å²) in [7, 11) is 5.96. The minimum absolute atomic E-state index is 0.141. The van der Waals surface area contributed by atoms with Gasteiger partial charge in [-0.1, -0.05) is 17.4 Å². The fraction of sp³-hybridized carbons (Fsp3) is 0.310. The molecule has 0 fully saturated rings. The number of carbonyl (C=O) groups excluding carboxylic acids is 2. The van der Waals surface area contributed by atoms with E-state index in [2.05, 4.69) is 4.99 Å². The number of esters is 2. The van der Waals surface area contributed by atoms with Crippen LogP contribution in [0.2, 0.25) is 0 Å². The molecule has 2 aromatic carbocycles. The van der Waals surface area contributed by atoms with Crippen LogP contribution in [-0.4, -0.2) is 51.6 Å². The molecule has 0 unspecified atom stereocenters. The first kappa shape index (κ1) is 29.4. The van der Waals surface area contributed by atoms with Crippen molar-refractivity contribution in [1.29, 1.82) is 0 Å². The van der Waals surface area contributed by atoms with E-state index in [-0.39, 0.29) is 29.2 Å². The Morgan fingerprint density at radius 1 is 0.976 bits per heavy atom. The molecule has 11 nitrogen and oxygen atoms in total. The number of aromatic nitrogens is 1. The standard InChI is InChI=1S/C29H30N2O9S/c1-8-39-28(34)24-15(2)30-29-31(25(24)18-9-10-19(40-16(3)32)20(14-18)35-4)27(33)23(41-29)13-17-11-21(36-5)26(38-7)22(12-17)37-6/h9-14,25H,8H2,1-7H3/b23-13-/t25-/m1/s1. The minimum atomic E-state index is -0.882. The van der Waals surface area contributed by atoms with Gasteiger partial charge in [-0.2, -0.15) is 0 Å². The number of methoxy groups -OCH3 is 4. The Bertz CT molecular complexity index is 1690. The average Bonchev–Trinajstić information content (AvgIpc) is 3.25. The van der Waals surface area contributed by atoms with Gasteiger partial charge in [-0.05, 0) is 55.3 Å². The van der Waals surface area contributed by atoms with Gasteiger partial charge in [-0.25, -0.2) is 9.79 Å². The van der Waals surface area contributed by atoms with Crippen molar-refractivity contribution in [3.05, 3.63) is 72.4 Å². The van der Waals surface area contributed by atoms with E-state index >= 15 is 0 Å². The molecule has 1 aliphatic heterocycles.